The molecule has 134 valence electrons. The zero-order valence-corrected chi connectivity index (χ0v) is 14.8. The number of nitrogens with zero attached hydrogens (tertiary/aromatic N) is 4. The SMILES string of the molecule is COc1cccc(CNC(=O)CSc2nnnn2-c2ccc(O)cc2)c1. The van der Waals surface area contributed by atoms with Crippen LogP contribution in [0.5, 0.6) is 11.5 Å². The molecule has 0 bridgehead atoms. The van der Waals surface area contributed by atoms with E-state index in [9.17, 15) is 9.90 Å². The van der Waals surface area contributed by atoms with Crippen molar-refractivity contribution in [2.75, 3.05) is 12.9 Å². The summed E-state index contributed by atoms with van der Waals surface area (Å²) in [7, 11) is 1.60. The van der Waals surface area contributed by atoms with Crippen LogP contribution in [0.3, 0.4) is 0 Å². The fraction of sp³-hybridized carbons (Fsp3) is 0.176. The van der Waals surface area contributed by atoms with Gasteiger partial charge in [0, 0.05) is 6.54 Å². The third-order valence-electron chi connectivity index (χ3n) is 3.49. The van der Waals surface area contributed by atoms with E-state index in [2.05, 4.69) is 20.8 Å². The monoisotopic (exact) mass is 371 g/mol. The van der Waals surface area contributed by atoms with E-state index in [0.717, 1.165) is 11.3 Å². The number of nitrogens with one attached hydrogen (secondary N) is 1. The number of methoxy groups -OCH3 is 1. The highest BCUT2D eigenvalue weighted by atomic mass is 32.2. The molecular formula is C17H17N5O3S. The number of thioether (sulfide) groups is 1. The van der Waals surface area contributed by atoms with E-state index < -0.39 is 0 Å². The fourth-order valence-corrected chi connectivity index (χ4v) is 2.91. The summed E-state index contributed by atoms with van der Waals surface area (Å²) in [4.78, 5) is 12.1. The minimum atomic E-state index is -0.127. The normalized spacial score (nSPS) is 10.5. The minimum absolute atomic E-state index is 0.127. The molecule has 9 heteroatoms. The highest BCUT2D eigenvalue weighted by Gasteiger charge is 2.11. The summed E-state index contributed by atoms with van der Waals surface area (Å²) < 4.78 is 6.68. The van der Waals surface area contributed by atoms with Crippen molar-refractivity contribution in [2.45, 2.75) is 11.7 Å². The van der Waals surface area contributed by atoms with Gasteiger partial charge in [-0.05, 0) is 52.4 Å². The van der Waals surface area contributed by atoms with Crippen LogP contribution in [-0.2, 0) is 11.3 Å². The summed E-state index contributed by atoms with van der Waals surface area (Å²) in [5.41, 5.74) is 1.66. The summed E-state index contributed by atoms with van der Waals surface area (Å²) in [6, 6.07) is 14.0. The zero-order chi connectivity index (χ0) is 18.4. The van der Waals surface area contributed by atoms with Crippen molar-refractivity contribution < 1.29 is 14.6 Å². The molecular weight excluding hydrogens is 354 g/mol. The number of hydrogen-bond acceptors (Lipinski definition) is 7. The molecule has 0 fully saturated rings. The van der Waals surface area contributed by atoms with Crippen molar-refractivity contribution >= 4 is 17.7 Å². The number of amides is 1. The van der Waals surface area contributed by atoms with Crippen molar-refractivity contribution in [1.82, 2.24) is 25.5 Å². The summed E-state index contributed by atoms with van der Waals surface area (Å²) in [5.74, 6) is 0.966. The molecule has 0 radical (unpaired) electrons. The van der Waals surface area contributed by atoms with Gasteiger partial charge in [-0.25, -0.2) is 0 Å². The Hall–Kier alpha value is -3.07. The van der Waals surface area contributed by atoms with Gasteiger partial charge in [0.1, 0.15) is 11.5 Å². The third kappa shape index (κ3) is 4.51. The quantitative estimate of drug-likeness (QED) is 0.610. The van der Waals surface area contributed by atoms with Gasteiger partial charge in [0.05, 0.1) is 18.6 Å². The van der Waals surface area contributed by atoms with Crippen LogP contribution in [0.25, 0.3) is 5.69 Å². The molecule has 3 rings (SSSR count). The second-order valence-electron chi connectivity index (χ2n) is 5.31. The molecule has 26 heavy (non-hydrogen) atoms. The van der Waals surface area contributed by atoms with Crippen LogP contribution in [0.15, 0.2) is 53.7 Å². The standard InChI is InChI=1S/C17H17N5O3S/c1-25-15-4-2-3-12(9-15)10-18-16(24)11-26-17-19-20-21-22(17)13-5-7-14(23)8-6-13/h2-9,23H,10-11H2,1H3,(H,18,24). The lowest BCUT2D eigenvalue weighted by Gasteiger charge is -2.07. The molecule has 0 aliphatic rings. The van der Waals surface area contributed by atoms with Crippen LogP contribution in [0.2, 0.25) is 0 Å². The number of tetrazole rings is 1. The molecule has 2 N–H and O–H groups in total. The number of hydrogen-bond donors (Lipinski definition) is 2. The van der Waals surface area contributed by atoms with E-state index in [-0.39, 0.29) is 17.4 Å². The number of carbonyl (C=O) groups is 1. The first kappa shape index (κ1) is 17.7. The van der Waals surface area contributed by atoms with Gasteiger partial charge in [0.25, 0.3) is 0 Å². The van der Waals surface area contributed by atoms with Crippen LogP contribution in [0.1, 0.15) is 5.56 Å². The number of phenolic OH excluding ortho intramolecular Hbond substituents is 1. The average Bonchev–Trinajstić information content (AvgIpc) is 3.14. The highest BCUT2D eigenvalue weighted by molar-refractivity contribution is 7.99. The van der Waals surface area contributed by atoms with Crippen LogP contribution in [0.4, 0.5) is 0 Å². The number of carbonyl (C=O) groups excluding carboxylic acids is 1. The average molecular weight is 371 g/mol. The molecule has 8 nitrogen and oxygen atoms in total. The Kier molecular flexibility index (Phi) is 5.69. The van der Waals surface area contributed by atoms with Crippen molar-refractivity contribution in [1.29, 1.82) is 0 Å². The van der Waals surface area contributed by atoms with Crippen LogP contribution < -0.4 is 10.1 Å². The first-order valence-electron chi connectivity index (χ1n) is 7.76. The smallest absolute Gasteiger partial charge is 0.230 e. The van der Waals surface area contributed by atoms with Crippen molar-refractivity contribution in [2.24, 2.45) is 0 Å². The highest BCUT2D eigenvalue weighted by Crippen LogP contribution is 2.19. The van der Waals surface area contributed by atoms with Gasteiger partial charge >= 0.3 is 0 Å². The minimum Gasteiger partial charge on any atom is -0.508 e. The van der Waals surface area contributed by atoms with E-state index in [1.165, 1.54) is 16.4 Å². The second kappa shape index (κ2) is 8.34. The molecule has 0 saturated heterocycles. The third-order valence-corrected chi connectivity index (χ3v) is 4.41. The molecule has 0 saturated carbocycles. The first-order chi connectivity index (χ1) is 12.7. The van der Waals surface area contributed by atoms with Gasteiger partial charge in [0.15, 0.2) is 0 Å². The Morgan fingerprint density at radius 3 is 2.85 bits per heavy atom. The van der Waals surface area contributed by atoms with Gasteiger partial charge < -0.3 is 15.2 Å². The van der Waals surface area contributed by atoms with E-state index in [1.807, 2.05) is 24.3 Å². The Balaban J connectivity index is 1.55. The maximum atomic E-state index is 12.1. The Morgan fingerprint density at radius 1 is 1.27 bits per heavy atom. The molecule has 1 aromatic heterocycles. The van der Waals surface area contributed by atoms with Crippen molar-refractivity contribution in [3.8, 4) is 17.2 Å². The summed E-state index contributed by atoms with van der Waals surface area (Å²) >= 11 is 1.23. The van der Waals surface area contributed by atoms with Crippen LogP contribution in [0, 0.1) is 0 Å². The maximum Gasteiger partial charge on any atom is 0.230 e. The molecule has 1 heterocycles. The first-order valence-corrected chi connectivity index (χ1v) is 8.74. The topological polar surface area (TPSA) is 102 Å². The Labute approximate surface area is 154 Å². The zero-order valence-electron chi connectivity index (χ0n) is 14.0. The fourth-order valence-electron chi connectivity index (χ4n) is 2.19. The second-order valence-corrected chi connectivity index (χ2v) is 6.25. The van der Waals surface area contributed by atoms with Gasteiger partial charge in [-0.3, -0.25) is 4.79 Å². The van der Waals surface area contributed by atoms with E-state index in [4.69, 9.17) is 4.74 Å². The van der Waals surface area contributed by atoms with E-state index in [0.29, 0.717) is 17.4 Å². The lowest BCUT2D eigenvalue weighted by molar-refractivity contribution is -0.118. The molecule has 0 atom stereocenters. The number of phenols is 1. The van der Waals surface area contributed by atoms with Crippen LogP contribution >= 0.6 is 11.8 Å². The lowest BCUT2D eigenvalue weighted by Crippen LogP contribution is -2.24. The van der Waals surface area contributed by atoms with E-state index >= 15 is 0 Å². The summed E-state index contributed by atoms with van der Waals surface area (Å²) in [5, 5.41) is 24.2. The van der Waals surface area contributed by atoms with Gasteiger partial charge in [0.2, 0.25) is 11.1 Å². The van der Waals surface area contributed by atoms with Crippen LogP contribution in [-0.4, -0.2) is 44.1 Å². The predicted molar refractivity (Wildman–Crippen MR) is 96.4 cm³/mol. The maximum absolute atomic E-state index is 12.1. The largest absolute Gasteiger partial charge is 0.508 e. The number of rotatable bonds is 7. The van der Waals surface area contributed by atoms with Crippen molar-refractivity contribution in [3.05, 3.63) is 54.1 Å². The molecule has 1 amide bonds. The summed E-state index contributed by atoms with van der Waals surface area (Å²) in [6.45, 7) is 0.416. The van der Waals surface area contributed by atoms with Gasteiger partial charge in [-0.1, -0.05) is 23.9 Å². The predicted octanol–water partition coefficient (Wildman–Crippen LogP) is 1.78. The number of ether oxygens (including phenoxy) is 1. The molecule has 0 unspecified atom stereocenters. The Morgan fingerprint density at radius 2 is 2.08 bits per heavy atom. The molecule has 2 aromatic carbocycles. The molecule has 3 aromatic rings. The number of aromatic nitrogens is 4. The Bertz CT molecular complexity index is 882. The molecule has 0 spiro atoms. The number of benzene rings is 2. The van der Waals surface area contributed by atoms with Crippen molar-refractivity contribution in [3.63, 3.8) is 0 Å². The lowest BCUT2D eigenvalue weighted by atomic mass is 10.2. The van der Waals surface area contributed by atoms with E-state index in [1.54, 1.807) is 31.4 Å². The van der Waals surface area contributed by atoms with Gasteiger partial charge in [-0.2, -0.15) is 4.68 Å². The molecule has 0 aliphatic heterocycles. The van der Waals surface area contributed by atoms with Gasteiger partial charge in [-0.15, -0.1) is 5.10 Å². The number of aromatic hydroxyl groups is 1. The summed E-state index contributed by atoms with van der Waals surface area (Å²) in [6.07, 6.45) is 0. The molecule has 0 aliphatic carbocycles.